The second-order valence-corrected chi connectivity index (χ2v) is 8.43. The van der Waals surface area contributed by atoms with E-state index in [2.05, 4.69) is 43.3 Å². The summed E-state index contributed by atoms with van der Waals surface area (Å²) in [6.45, 7) is 2.08. The number of rotatable bonds is 2. The summed E-state index contributed by atoms with van der Waals surface area (Å²) in [6, 6.07) is 24.6. The van der Waals surface area contributed by atoms with Crippen molar-refractivity contribution < 1.29 is 9.53 Å². The van der Waals surface area contributed by atoms with Crippen molar-refractivity contribution in [2.45, 2.75) is 31.4 Å². The van der Waals surface area contributed by atoms with Crippen LogP contribution in [0.3, 0.4) is 0 Å². The van der Waals surface area contributed by atoms with Crippen molar-refractivity contribution in [2.24, 2.45) is 10.7 Å². The first-order chi connectivity index (χ1) is 14.9. The molecule has 0 fully saturated rings. The molecule has 3 aromatic rings. The molecule has 5 heteroatoms. The van der Waals surface area contributed by atoms with Crippen LogP contribution in [0.25, 0.3) is 11.1 Å². The van der Waals surface area contributed by atoms with E-state index in [1.807, 2.05) is 36.4 Å². The van der Waals surface area contributed by atoms with Gasteiger partial charge >= 0.3 is 0 Å². The van der Waals surface area contributed by atoms with Crippen LogP contribution in [0.2, 0.25) is 0 Å². The van der Waals surface area contributed by atoms with Crippen LogP contribution < -0.4 is 10.5 Å². The van der Waals surface area contributed by atoms with Crippen molar-refractivity contribution in [1.82, 2.24) is 4.90 Å². The molecule has 31 heavy (non-hydrogen) atoms. The molecule has 0 saturated carbocycles. The van der Waals surface area contributed by atoms with E-state index in [-0.39, 0.29) is 24.4 Å². The van der Waals surface area contributed by atoms with Gasteiger partial charge in [-0.3, -0.25) is 9.69 Å². The number of aryl methyl sites for hydroxylation is 1. The van der Waals surface area contributed by atoms with Gasteiger partial charge in [-0.05, 0) is 35.7 Å². The largest absolute Gasteiger partial charge is 0.485 e. The smallest absolute Gasteiger partial charge is 0.231 e. The number of hydrogen-bond acceptors (Lipinski definition) is 4. The second kappa shape index (κ2) is 7.27. The first-order valence-corrected chi connectivity index (χ1v) is 10.5. The summed E-state index contributed by atoms with van der Waals surface area (Å²) < 4.78 is 6.42. The standard InChI is InChI=1S/C26H25N3O2/c1-17-7-6-10-19(13-17)20-11-12-22-21(14-20)26(16-24(30)29(2)25(27)28-26)15-23(31-22)18-8-4-3-5-9-18/h3-14,23H,15-16H2,1-2H3,(H2,27,28). The number of carbonyl (C=O) groups is 1. The molecule has 5 nitrogen and oxygen atoms in total. The molecule has 0 radical (unpaired) electrons. The highest BCUT2D eigenvalue weighted by molar-refractivity contribution is 5.99. The predicted octanol–water partition coefficient (Wildman–Crippen LogP) is 4.56. The third-order valence-corrected chi connectivity index (χ3v) is 6.29. The number of carbonyl (C=O) groups excluding carboxylic acids is 1. The number of guanidine groups is 1. The molecule has 2 unspecified atom stereocenters. The van der Waals surface area contributed by atoms with Gasteiger partial charge < -0.3 is 10.5 Å². The van der Waals surface area contributed by atoms with Crippen LogP contribution in [0.15, 0.2) is 77.8 Å². The highest BCUT2D eigenvalue weighted by atomic mass is 16.5. The van der Waals surface area contributed by atoms with Gasteiger partial charge in [0.1, 0.15) is 17.4 Å². The van der Waals surface area contributed by atoms with Gasteiger partial charge in [0.15, 0.2) is 5.96 Å². The molecule has 5 rings (SSSR count). The number of fused-ring (bicyclic) bond motifs is 2. The molecule has 0 saturated heterocycles. The lowest BCUT2D eigenvalue weighted by atomic mass is 9.76. The maximum absolute atomic E-state index is 12.9. The van der Waals surface area contributed by atoms with Crippen LogP contribution in [-0.4, -0.2) is 23.8 Å². The number of benzene rings is 3. The maximum atomic E-state index is 12.9. The minimum atomic E-state index is -0.748. The molecule has 3 aromatic carbocycles. The Balaban J connectivity index is 1.67. The number of ether oxygens (including phenoxy) is 1. The van der Waals surface area contributed by atoms with E-state index in [4.69, 9.17) is 15.5 Å². The summed E-state index contributed by atoms with van der Waals surface area (Å²) in [5, 5.41) is 0. The molecular weight excluding hydrogens is 386 g/mol. The lowest BCUT2D eigenvalue weighted by Crippen LogP contribution is -2.50. The van der Waals surface area contributed by atoms with Gasteiger partial charge in [0.2, 0.25) is 5.91 Å². The zero-order valence-corrected chi connectivity index (χ0v) is 17.7. The van der Waals surface area contributed by atoms with Crippen LogP contribution in [0, 0.1) is 6.92 Å². The summed E-state index contributed by atoms with van der Waals surface area (Å²) in [7, 11) is 1.67. The second-order valence-electron chi connectivity index (χ2n) is 8.43. The van der Waals surface area contributed by atoms with Crippen LogP contribution >= 0.6 is 0 Å². The quantitative estimate of drug-likeness (QED) is 0.672. The fourth-order valence-corrected chi connectivity index (χ4v) is 4.57. The molecule has 2 N–H and O–H groups in total. The highest BCUT2D eigenvalue weighted by Gasteiger charge is 2.47. The van der Waals surface area contributed by atoms with Crippen LogP contribution in [0.5, 0.6) is 5.75 Å². The van der Waals surface area contributed by atoms with Crippen molar-refractivity contribution in [2.75, 3.05) is 7.05 Å². The van der Waals surface area contributed by atoms with Gasteiger partial charge in [-0.2, -0.15) is 0 Å². The molecule has 1 amide bonds. The van der Waals surface area contributed by atoms with E-state index in [1.165, 1.54) is 10.5 Å². The number of hydrogen-bond donors (Lipinski definition) is 1. The van der Waals surface area contributed by atoms with Gasteiger partial charge in [-0.1, -0.05) is 66.2 Å². The first-order valence-electron chi connectivity index (χ1n) is 10.5. The number of amides is 1. The molecule has 2 aliphatic rings. The fourth-order valence-electron chi connectivity index (χ4n) is 4.57. The molecule has 1 spiro atoms. The number of nitrogens with two attached hydrogens (primary N) is 1. The zero-order chi connectivity index (χ0) is 21.6. The van der Waals surface area contributed by atoms with Crippen LogP contribution in [-0.2, 0) is 10.3 Å². The van der Waals surface area contributed by atoms with Gasteiger partial charge in [-0.25, -0.2) is 4.99 Å². The average Bonchev–Trinajstić information content (AvgIpc) is 2.78. The van der Waals surface area contributed by atoms with E-state index >= 15 is 0 Å². The van der Waals surface area contributed by atoms with E-state index in [0.29, 0.717) is 6.42 Å². The molecule has 156 valence electrons. The van der Waals surface area contributed by atoms with Crippen molar-refractivity contribution in [1.29, 1.82) is 0 Å². The fraction of sp³-hybridized carbons (Fsp3) is 0.231. The third kappa shape index (κ3) is 3.36. The van der Waals surface area contributed by atoms with Gasteiger partial charge in [0.05, 0.1) is 6.42 Å². The Bertz CT molecular complexity index is 1190. The van der Waals surface area contributed by atoms with Crippen molar-refractivity contribution in [3.63, 3.8) is 0 Å². The predicted molar refractivity (Wildman–Crippen MR) is 122 cm³/mol. The minimum Gasteiger partial charge on any atom is -0.485 e. The van der Waals surface area contributed by atoms with Crippen LogP contribution in [0.4, 0.5) is 0 Å². The highest BCUT2D eigenvalue weighted by Crippen LogP contribution is 2.51. The Kier molecular flexibility index (Phi) is 4.54. The topological polar surface area (TPSA) is 67.9 Å². The summed E-state index contributed by atoms with van der Waals surface area (Å²) in [5.41, 5.74) is 10.8. The summed E-state index contributed by atoms with van der Waals surface area (Å²) in [5.74, 6) is 0.968. The van der Waals surface area contributed by atoms with E-state index < -0.39 is 5.54 Å². The Morgan fingerprint density at radius 2 is 1.81 bits per heavy atom. The molecular formula is C26H25N3O2. The molecule has 0 bridgehead atoms. The summed E-state index contributed by atoms with van der Waals surface area (Å²) in [4.78, 5) is 19.2. The summed E-state index contributed by atoms with van der Waals surface area (Å²) >= 11 is 0. The number of nitrogens with zero attached hydrogens (tertiary/aromatic N) is 2. The monoisotopic (exact) mass is 411 g/mol. The maximum Gasteiger partial charge on any atom is 0.231 e. The van der Waals surface area contributed by atoms with Crippen molar-refractivity contribution >= 4 is 11.9 Å². The van der Waals surface area contributed by atoms with Crippen LogP contribution in [0.1, 0.15) is 35.6 Å². The summed E-state index contributed by atoms with van der Waals surface area (Å²) in [6.07, 6.45) is 0.620. The molecule has 2 atom stereocenters. The van der Waals surface area contributed by atoms with Crippen molar-refractivity contribution in [3.8, 4) is 16.9 Å². The van der Waals surface area contributed by atoms with Gasteiger partial charge in [0, 0.05) is 19.0 Å². The Morgan fingerprint density at radius 3 is 2.55 bits per heavy atom. The minimum absolute atomic E-state index is 0.0341. The SMILES string of the molecule is Cc1cccc(-c2ccc3c(c2)C2(CC(=O)N(C)C(N)=N2)CC(c2ccccc2)O3)c1. The van der Waals surface area contributed by atoms with Gasteiger partial charge in [-0.15, -0.1) is 0 Å². The lowest BCUT2D eigenvalue weighted by Gasteiger charge is -2.43. The van der Waals surface area contributed by atoms with E-state index in [9.17, 15) is 4.79 Å². The third-order valence-electron chi connectivity index (χ3n) is 6.29. The Morgan fingerprint density at radius 1 is 1.03 bits per heavy atom. The Labute approximate surface area is 182 Å². The normalized spacial score (nSPS) is 22.6. The zero-order valence-electron chi connectivity index (χ0n) is 17.7. The van der Waals surface area contributed by atoms with E-state index in [0.717, 1.165) is 28.0 Å². The van der Waals surface area contributed by atoms with Crippen molar-refractivity contribution in [3.05, 3.63) is 89.5 Å². The molecule has 0 aromatic heterocycles. The average molecular weight is 412 g/mol. The van der Waals surface area contributed by atoms with E-state index in [1.54, 1.807) is 7.05 Å². The molecule has 0 aliphatic carbocycles. The molecule has 2 aliphatic heterocycles. The Hall–Kier alpha value is -3.60. The first kappa shape index (κ1) is 19.4. The van der Waals surface area contributed by atoms with Gasteiger partial charge in [0.25, 0.3) is 0 Å². The molecule has 2 heterocycles. The lowest BCUT2D eigenvalue weighted by molar-refractivity contribution is -0.129. The number of aliphatic imine (C=N–C) groups is 1.